The highest BCUT2D eigenvalue weighted by molar-refractivity contribution is 5.63. The second kappa shape index (κ2) is 6.05. The molecule has 0 aliphatic carbocycles. The molecule has 85 valence electrons. The molecule has 0 amide bonds. The molecule has 0 N–H and O–H groups in total. The topological polar surface area (TPSA) is 0 Å². The van der Waals surface area contributed by atoms with E-state index in [1.54, 1.807) is 0 Å². The fourth-order valence-corrected chi connectivity index (χ4v) is 1.78. The molecule has 0 heterocycles. The van der Waals surface area contributed by atoms with Crippen molar-refractivity contribution in [2.45, 2.75) is 13.3 Å². The van der Waals surface area contributed by atoms with E-state index in [-0.39, 0.29) is 0 Å². The van der Waals surface area contributed by atoms with Gasteiger partial charge in [-0.1, -0.05) is 66.7 Å². The Morgan fingerprint density at radius 3 is 2.12 bits per heavy atom. The quantitative estimate of drug-likeness (QED) is 0.646. The first-order valence-corrected chi connectivity index (χ1v) is 6.00. The summed E-state index contributed by atoms with van der Waals surface area (Å²) in [6, 6.07) is 19.2. The van der Waals surface area contributed by atoms with E-state index in [1.165, 1.54) is 16.7 Å². The smallest absolute Gasteiger partial charge is 0.00556 e. The van der Waals surface area contributed by atoms with Crippen molar-refractivity contribution in [1.82, 2.24) is 0 Å². The van der Waals surface area contributed by atoms with E-state index in [0.29, 0.717) is 0 Å². The first kappa shape index (κ1) is 11.7. The standard InChI is InChI=1S/C17H17/c1-2-3-5-8-15-11-13-17(14-12-15)16-9-6-4-7-10-16/h2-4,6-14H,5H2,1H3/b3-2+. The molecule has 0 aromatic heterocycles. The molecule has 0 spiro atoms. The monoisotopic (exact) mass is 221 g/mol. The van der Waals surface area contributed by atoms with E-state index in [0.717, 1.165) is 6.42 Å². The molecule has 0 aliphatic heterocycles. The molecule has 2 aromatic carbocycles. The Morgan fingerprint density at radius 2 is 1.47 bits per heavy atom. The minimum Gasteiger partial charge on any atom is -0.0916 e. The van der Waals surface area contributed by atoms with Gasteiger partial charge in [-0.25, -0.2) is 0 Å². The number of allylic oxidation sites excluding steroid dienone is 2. The third kappa shape index (κ3) is 3.32. The molecular formula is C17H17. The van der Waals surface area contributed by atoms with E-state index in [4.69, 9.17) is 0 Å². The van der Waals surface area contributed by atoms with E-state index < -0.39 is 0 Å². The van der Waals surface area contributed by atoms with Gasteiger partial charge in [-0.15, -0.1) is 0 Å². The van der Waals surface area contributed by atoms with Gasteiger partial charge in [0.2, 0.25) is 0 Å². The molecule has 0 aliphatic rings. The van der Waals surface area contributed by atoms with Gasteiger partial charge in [0.1, 0.15) is 0 Å². The Kier molecular flexibility index (Phi) is 4.15. The predicted octanol–water partition coefficient (Wildman–Crippen LogP) is 4.87. The van der Waals surface area contributed by atoms with E-state index >= 15 is 0 Å². The molecule has 0 saturated heterocycles. The summed E-state index contributed by atoms with van der Waals surface area (Å²) in [7, 11) is 0. The minimum atomic E-state index is 1.00. The SMILES string of the molecule is C/C=C/C[CH]c1ccc(-c2ccccc2)cc1. The summed E-state index contributed by atoms with van der Waals surface area (Å²) in [5.74, 6) is 0. The summed E-state index contributed by atoms with van der Waals surface area (Å²) in [5.41, 5.74) is 3.82. The molecular weight excluding hydrogens is 204 g/mol. The van der Waals surface area contributed by atoms with Crippen LogP contribution in [-0.4, -0.2) is 0 Å². The van der Waals surface area contributed by atoms with Gasteiger partial charge < -0.3 is 0 Å². The normalized spacial score (nSPS) is 10.9. The summed E-state index contributed by atoms with van der Waals surface area (Å²) >= 11 is 0. The fraction of sp³-hybridized carbons (Fsp3) is 0.118. The van der Waals surface area contributed by atoms with Gasteiger partial charge in [-0.3, -0.25) is 0 Å². The van der Waals surface area contributed by atoms with Crippen molar-refractivity contribution in [3.8, 4) is 11.1 Å². The molecule has 0 bridgehead atoms. The van der Waals surface area contributed by atoms with Gasteiger partial charge in [0.05, 0.1) is 0 Å². The van der Waals surface area contributed by atoms with Gasteiger partial charge in [-0.05, 0) is 36.5 Å². The average Bonchev–Trinajstić information content (AvgIpc) is 2.41. The summed E-state index contributed by atoms with van der Waals surface area (Å²) in [6.07, 6.45) is 7.47. The Labute approximate surface area is 104 Å². The summed E-state index contributed by atoms with van der Waals surface area (Å²) in [4.78, 5) is 0. The maximum absolute atomic E-state index is 2.23. The first-order valence-electron chi connectivity index (χ1n) is 6.00. The van der Waals surface area contributed by atoms with Crippen LogP contribution in [0.3, 0.4) is 0 Å². The van der Waals surface area contributed by atoms with Crippen molar-refractivity contribution in [1.29, 1.82) is 0 Å². The largest absolute Gasteiger partial charge is 0.0916 e. The molecule has 0 fully saturated rings. The summed E-state index contributed by atoms with van der Waals surface area (Å²) < 4.78 is 0. The first-order chi connectivity index (χ1) is 8.40. The lowest BCUT2D eigenvalue weighted by atomic mass is 10.0. The minimum absolute atomic E-state index is 1.00. The van der Waals surface area contributed by atoms with E-state index in [9.17, 15) is 0 Å². The zero-order valence-corrected chi connectivity index (χ0v) is 10.1. The zero-order valence-electron chi connectivity index (χ0n) is 10.1. The Morgan fingerprint density at radius 1 is 0.824 bits per heavy atom. The van der Waals surface area contributed by atoms with E-state index in [2.05, 4.69) is 67.1 Å². The molecule has 0 unspecified atom stereocenters. The lowest BCUT2D eigenvalue weighted by molar-refractivity contribution is 1.24. The number of benzene rings is 2. The third-order valence-electron chi connectivity index (χ3n) is 2.74. The molecule has 2 rings (SSSR count). The van der Waals surface area contributed by atoms with Gasteiger partial charge in [0, 0.05) is 0 Å². The van der Waals surface area contributed by atoms with Crippen LogP contribution >= 0.6 is 0 Å². The number of hydrogen-bond donors (Lipinski definition) is 0. The van der Waals surface area contributed by atoms with Crippen molar-refractivity contribution in [2.24, 2.45) is 0 Å². The lowest BCUT2D eigenvalue weighted by Gasteiger charge is -2.03. The highest BCUT2D eigenvalue weighted by atomic mass is 14.0. The summed E-state index contributed by atoms with van der Waals surface area (Å²) in [6.45, 7) is 2.05. The van der Waals surface area contributed by atoms with Crippen LogP contribution in [0.15, 0.2) is 66.7 Å². The number of hydrogen-bond acceptors (Lipinski definition) is 0. The Hall–Kier alpha value is -1.82. The third-order valence-corrected chi connectivity index (χ3v) is 2.74. The molecule has 17 heavy (non-hydrogen) atoms. The van der Waals surface area contributed by atoms with Crippen molar-refractivity contribution >= 4 is 0 Å². The predicted molar refractivity (Wildman–Crippen MR) is 74.7 cm³/mol. The molecule has 0 saturated carbocycles. The molecule has 2 aromatic rings. The van der Waals surface area contributed by atoms with Gasteiger partial charge in [-0.2, -0.15) is 0 Å². The second-order valence-corrected chi connectivity index (χ2v) is 4.00. The van der Waals surface area contributed by atoms with Crippen molar-refractivity contribution < 1.29 is 0 Å². The van der Waals surface area contributed by atoms with Gasteiger partial charge in [0.25, 0.3) is 0 Å². The van der Waals surface area contributed by atoms with Gasteiger partial charge >= 0.3 is 0 Å². The fourth-order valence-electron chi connectivity index (χ4n) is 1.78. The maximum Gasteiger partial charge on any atom is -0.00556 e. The van der Waals surface area contributed by atoms with Crippen molar-refractivity contribution in [3.63, 3.8) is 0 Å². The Bertz CT molecular complexity index is 463. The van der Waals surface area contributed by atoms with Crippen LogP contribution in [-0.2, 0) is 0 Å². The van der Waals surface area contributed by atoms with Crippen LogP contribution in [0.25, 0.3) is 11.1 Å². The average molecular weight is 221 g/mol. The second-order valence-electron chi connectivity index (χ2n) is 4.00. The van der Waals surface area contributed by atoms with Crippen LogP contribution in [0.1, 0.15) is 18.9 Å². The van der Waals surface area contributed by atoms with Crippen LogP contribution < -0.4 is 0 Å². The van der Waals surface area contributed by atoms with Gasteiger partial charge in [0.15, 0.2) is 0 Å². The van der Waals surface area contributed by atoms with Crippen LogP contribution in [0, 0.1) is 6.42 Å². The molecule has 0 nitrogen and oxygen atoms in total. The van der Waals surface area contributed by atoms with E-state index in [1.807, 2.05) is 13.0 Å². The maximum atomic E-state index is 2.23. The summed E-state index contributed by atoms with van der Waals surface area (Å²) in [5, 5.41) is 0. The van der Waals surface area contributed by atoms with Crippen LogP contribution in [0.4, 0.5) is 0 Å². The molecule has 0 heteroatoms. The highest BCUT2D eigenvalue weighted by Crippen LogP contribution is 2.20. The number of rotatable bonds is 4. The molecule has 0 atom stereocenters. The Balaban J connectivity index is 2.08. The lowest BCUT2D eigenvalue weighted by Crippen LogP contribution is -1.81. The van der Waals surface area contributed by atoms with Crippen molar-refractivity contribution in [3.05, 3.63) is 78.7 Å². The highest BCUT2D eigenvalue weighted by Gasteiger charge is 1.96. The van der Waals surface area contributed by atoms with Crippen molar-refractivity contribution in [2.75, 3.05) is 0 Å². The molecule has 1 radical (unpaired) electrons. The zero-order chi connectivity index (χ0) is 11.9. The van der Waals surface area contributed by atoms with Crippen LogP contribution in [0.2, 0.25) is 0 Å². The van der Waals surface area contributed by atoms with Crippen LogP contribution in [0.5, 0.6) is 0 Å².